The molecular weight excluding hydrogens is 222 g/mol. The van der Waals surface area contributed by atoms with Gasteiger partial charge in [0.1, 0.15) is 0 Å². The van der Waals surface area contributed by atoms with Crippen LogP contribution in [0.1, 0.15) is 24.5 Å². The molecule has 0 saturated carbocycles. The quantitative estimate of drug-likeness (QED) is 0.767. The van der Waals surface area contributed by atoms with Gasteiger partial charge in [-0.2, -0.15) is 0 Å². The number of anilines is 1. The van der Waals surface area contributed by atoms with Crippen molar-refractivity contribution in [1.82, 2.24) is 9.80 Å². The van der Waals surface area contributed by atoms with E-state index in [1.54, 1.807) is 0 Å². The summed E-state index contributed by atoms with van der Waals surface area (Å²) in [6, 6.07) is 7.05. The van der Waals surface area contributed by atoms with Crippen LogP contribution in [0.5, 0.6) is 0 Å². The number of fused-ring (bicyclic) bond motifs is 1. The number of benzene rings is 1. The summed E-state index contributed by atoms with van der Waals surface area (Å²) in [5.74, 6) is 0.749. The molecule has 0 bridgehead atoms. The average molecular weight is 245 g/mol. The molecule has 3 rings (SSSR count). The van der Waals surface area contributed by atoms with Gasteiger partial charge in [0.25, 0.3) is 0 Å². The Kier molecular flexibility index (Phi) is 3.04. The molecule has 0 aliphatic carbocycles. The van der Waals surface area contributed by atoms with Crippen molar-refractivity contribution in [2.24, 2.45) is 5.92 Å². The normalized spacial score (nSPS) is 29.4. The van der Waals surface area contributed by atoms with Gasteiger partial charge in [0.15, 0.2) is 0 Å². The molecular formula is C15H23N3. The minimum atomic E-state index is 0.716. The lowest BCUT2D eigenvalue weighted by Crippen LogP contribution is -2.47. The average Bonchev–Trinajstić information content (AvgIpc) is 2.74. The lowest BCUT2D eigenvalue weighted by atomic mass is 9.93. The van der Waals surface area contributed by atoms with Gasteiger partial charge in [-0.15, -0.1) is 0 Å². The number of nitrogens with zero attached hydrogens (tertiary/aromatic N) is 2. The molecule has 1 aromatic rings. The van der Waals surface area contributed by atoms with E-state index in [4.69, 9.17) is 5.73 Å². The van der Waals surface area contributed by atoms with E-state index in [1.165, 1.54) is 30.6 Å². The summed E-state index contributed by atoms with van der Waals surface area (Å²) in [6.45, 7) is 6.94. The number of hydrogen-bond acceptors (Lipinski definition) is 3. The molecule has 0 radical (unpaired) electrons. The van der Waals surface area contributed by atoms with Crippen LogP contribution in [-0.2, 0) is 13.1 Å². The molecule has 98 valence electrons. The first-order chi connectivity index (χ1) is 8.65. The monoisotopic (exact) mass is 245 g/mol. The van der Waals surface area contributed by atoms with Crippen LogP contribution in [-0.4, -0.2) is 36.0 Å². The van der Waals surface area contributed by atoms with Gasteiger partial charge in [-0.3, -0.25) is 4.90 Å². The Hall–Kier alpha value is -1.06. The number of rotatable bonds is 1. The fourth-order valence-electron chi connectivity index (χ4n) is 3.59. The third kappa shape index (κ3) is 2.02. The smallest absolute Gasteiger partial charge is 0.0363 e. The van der Waals surface area contributed by atoms with Crippen LogP contribution in [0.4, 0.5) is 5.69 Å². The van der Waals surface area contributed by atoms with E-state index in [1.807, 2.05) is 6.07 Å². The van der Waals surface area contributed by atoms with E-state index in [-0.39, 0.29) is 0 Å². The third-order valence-electron chi connectivity index (χ3n) is 4.58. The molecule has 2 unspecified atom stereocenters. The van der Waals surface area contributed by atoms with E-state index in [9.17, 15) is 0 Å². The summed E-state index contributed by atoms with van der Waals surface area (Å²) in [4.78, 5) is 5.07. The Bertz CT molecular complexity index is 443. The summed E-state index contributed by atoms with van der Waals surface area (Å²) >= 11 is 0. The zero-order valence-electron chi connectivity index (χ0n) is 11.4. The van der Waals surface area contributed by atoms with Crippen molar-refractivity contribution < 1.29 is 0 Å². The van der Waals surface area contributed by atoms with Gasteiger partial charge in [0.2, 0.25) is 0 Å². The zero-order chi connectivity index (χ0) is 12.7. The Balaban J connectivity index is 1.76. The first-order valence-corrected chi connectivity index (χ1v) is 6.94. The predicted octanol–water partition coefficient (Wildman–Crippen LogP) is 1.92. The van der Waals surface area contributed by atoms with Gasteiger partial charge in [0, 0.05) is 31.4 Å². The highest BCUT2D eigenvalue weighted by Gasteiger charge is 2.33. The van der Waals surface area contributed by atoms with Crippen LogP contribution in [0, 0.1) is 5.92 Å². The molecule has 18 heavy (non-hydrogen) atoms. The van der Waals surface area contributed by atoms with Crippen molar-refractivity contribution >= 4 is 5.69 Å². The Labute approximate surface area is 110 Å². The molecule has 0 amide bonds. The lowest BCUT2D eigenvalue weighted by Gasteiger charge is -2.40. The van der Waals surface area contributed by atoms with Crippen LogP contribution < -0.4 is 5.73 Å². The SMILES string of the molecule is CC1CN(C)CCC1N1Cc2cccc(N)c2C1. The van der Waals surface area contributed by atoms with Crippen molar-refractivity contribution in [3.63, 3.8) is 0 Å². The summed E-state index contributed by atoms with van der Waals surface area (Å²) in [5, 5.41) is 0. The third-order valence-corrected chi connectivity index (χ3v) is 4.58. The molecule has 2 atom stereocenters. The number of nitrogen functional groups attached to an aromatic ring is 1. The highest BCUT2D eigenvalue weighted by Crippen LogP contribution is 2.32. The molecule has 0 aromatic heterocycles. The fraction of sp³-hybridized carbons (Fsp3) is 0.600. The summed E-state index contributed by atoms with van der Waals surface area (Å²) < 4.78 is 0. The van der Waals surface area contributed by atoms with Gasteiger partial charge in [-0.1, -0.05) is 19.1 Å². The minimum absolute atomic E-state index is 0.716. The number of hydrogen-bond donors (Lipinski definition) is 1. The molecule has 0 spiro atoms. The van der Waals surface area contributed by atoms with E-state index < -0.39 is 0 Å². The zero-order valence-corrected chi connectivity index (χ0v) is 11.4. The maximum atomic E-state index is 6.09. The van der Waals surface area contributed by atoms with Crippen LogP contribution in [0.3, 0.4) is 0 Å². The van der Waals surface area contributed by atoms with E-state index >= 15 is 0 Å². The second kappa shape index (κ2) is 4.56. The van der Waals surface area contributed by atoms with Crippen LogP contribution in [0.25, 0.3) is 0 Å². The molecule has 3 heteroatoms. The van der Waals surface area contributed by atoms with Crippen molar-refractivity contribution in [3.8, 4) is 0 Å². The minimum Gasteiger partial charge on any atom is -0.398 e. The van der Waals surface area contributed by atoms with Crippen molar-refractivity contribution in [1.29, 1.82) is 0 Å². The molecule has 3 nitrogen and oxygen atoms in total. The summed E-state index contributed by atoms with van der Waals surface area (Å²) in [7, 11) is 2.23. The number of piperidine rings is 1. The van der Waals surface area contributed by atoms with Crippen molar-refractivity contribution in [3.05, 3.63) is 29.3 Å². The Morgan fingerprint density at radius 1 is 1.28 bits per heavy atom. The molecule has 2 aliphatic rings. The van der Waals surface area contributed by atoms with Gasteiger partial charge in [0.05, 0.1) is 0 Å². The second-order valence-corrected chi connectivity index (χ2v) is 5.99. The van der Waals surface area contributed by atoms with E-state index in [0.29, 0.717) is 6.04 Å². The molecule has 2 aliphatic heterocycles. The first kappa shape index (κ1) is 12.0. The summed E-state index contributed by atoms with van der Waals surface area (Å²) in [5.41, 5.74) is 9.85. The van der Waals surface area contributed by atoms with Crippen LogP contribution in [0.2, 0.25) is 0 Å². The van der Waals surface area contributed by atoms with Gasteiger partial charge in [-0.25, -0.2) is 0 Å². The molecule has 1 fully saturated rings. The van der Waals surface area contributed by atoms with Crippen LogP contribution in [0.15, 0.2) is 18.2 Å². The van der Waals surface area contributed by atoms with Gasteiger partial charge >= 0.3 is 0 Å². The second-order valence-electron chi connectivity index (χ2n) is 5.99. The largest absolute Gasteiger partial charge is 0.398 e. The van der Waals surface area contributed by atoms with Crippen LogP contribution >= 0.6 is 0 Å². The van der Waals surface area contributed by atoms with Gasteiger partial charge < -0.3 is 10.6 Å². The van der Waals surface area contributed by atoms with E-state index in [2.05, 4.69) is 35.9 Å². The lowest BCUT2D eigenvalue weighted by molar-refractivity contribution is 0.0734. The molecule has 2 N–H and O–H groups in total. The Morgan fingerprint density at radius 3 is 2.83 bits per heavy atom. The van der Waals surface area contributed by atoms with Crippen molar-refractivity contribution in [2.75, 3.05) is 25.9 Å². The predicted molar refractivity (Wildman–Crippen MR) is 75.2 cm³/mol. The standard InChI is InChI=1S/C15H23N3/c1-11-8-17(2)7-6-15(11)18-9-12-4-3-5-14(16)13(12)10-18/h3-5,11,15H,6-10,16H2,1-2H3. The topological polar surface area (TPSA) is 32.5 Å². The van der Waals surface area contributed by atoms with Crippen molar-refractivity contribution in [2.45, 2.75) is 32.5 Å². The number of nitrogens with two attached hydrogens (primary N) is 1. The first-order valence-electron chi connectivity index (χ1n) is 6.94. The Morgan fingerprint density at radius 2 is 2.11 bits per heavy atom. The highest BCUT2D eigenvalue weighted by atomic mass is 15.2. The number of likely N-dealkylation sites (tertiary alicyclic amines) is 1. The maximum Gasteiger partial charge on any atom is 0.0363 e. The molecule has 1 aromatic carbocycles. The fourth-order valence-corrected chi connectivity index (χ4v) is 3.59. The molecule has 2 heterocycles. The summed E-state index contributed by atoms with van der Waals surface area (Å²) in [6.07, 6.45) is 1.28. The molecule has 1 saturated heterocycles. The highest BCUT2D eigenvalue weighted by molar-refractivity contribution is 5.52. The maximum absolute atomic E-state index is 6.09. The van der Waals surface area contributed by atoms with Gasteiger partial charge in [-0.05, 0) is 43.1 Å². The van der Waals surface area contributed by atoms with E-state index in [0.717, 1.165) is 24.7 Å².